The molecule has 1 atom stereocenters. The summed E-state index contributed by atoms with van der Waals surface area (Å²) < 4.78 is 0. The van der Waals surface area contributed by atoms with Crippen LogP contribution in [0.1, 0.15) is 17.5 Å². The molecule has 0 aliphatic carbocycles. The van der Waals surface area contributed by atoms with E-state index in [9.17, 15) is 4.79 Å². The van der Waals surface area contributed by atoms with Crippen molar-refractivity contribution in [2.75, 3.05) is 18.4 Å². The molecule has 1 saturated heterocycles. The number of aryl methyl sites for hydroxylation is 1. The van der Waals surface area contributed by atoms with Crippen LogP contribution >= 0.6 is 15.9 Å². The number of likely N-dealkylation sites (tertiary alicyclic amines) is 1. The third kappa shape index (κ3) is 3.09. The van der Waals surface area contributed by atoms with Gasteiger partial charge in [-0.25, -0.2) is 0 Å². The van der Waals surface area contributed by atoms with Crippen LogP contribution in [0.5, 0.6) is 0 Å². The van der Waals surface area contributed by atoms with E-state index in [-0.39, 0.29) is 5.91 Å². The van der Waals surface area contributed by atoms with Crippen LogP contribution in [0.2, 0.25) is 0 Å². The van der Waals surface area contributed by atoms with E-state index in [2.05, 4.69) is 28.9 Å². The molecule has 92 valence electrons. The molecule has 1 aliphatic rings. The van der Waals surface area contributed by atoms with E-state index >= 15 is 0 Å². The third-order valence-electron chi connectivity index (χ3n) is 3.46. The first kappa shape index (κ1) is 12.6. The Morgan fingerprint density at radius 2 is 2.24 bits per heavy atom. The van der Waals surface area contributed by atoms with Crippen LogP contribution in [0, 0.1) is 12.8 Å². The monoisotopic (exact) mass is 295 g/mol. The zero-order chi connectivity index (χ0) is 12.3. The molecular formula is C14H18BrNO. The van der Waals surface area contributed by atoms with Gasteiger partial charge in [0.1, 0.15) is 0 Å². The molecule has 17 heavy (non-hydrogen) atoms. The average Bonchev–Trinajstić information content (AvgIpc) is 2.81. The first-order valence-electron chi connectivity index (χ1n) is 6.09. The van der Waals surface area contributed by atoms with Gasteiger partial charge in [-0.05, 0) is 30.4 Å². The van der Waals surface area contributed by atoms with Gasteiger partial charge in [0.15, 0.2) is 0 Å². The van der Waals surface area contributed by atoms with Crippen LogP contribution in [0.25, 0.3) is 0 Å². The van der Waals surface area contributed by atoms with Gasteiger partial charge in [0.05, 0.1) is 6.42 Å². The van der Waals surface area contributed by atoms with E-state index in [0.717, 1.165) is 30.4 Å². The van der Waals surface area contributed by atoms with Gasteiger partial charge < -0.3 is 4.90 Å². The predicted octanol–water partition coefficient (Wildman–Crippen LogP) is 2.78. The second kappa shape index (κ2) is 5.67. The van der Waals surface area contributed by atoms with E-state index in [4.69, 9.17) is 0 Å². The number of amides is 1. The molecule has 1 aliphatic heterocycles. The lowest BCUT2D eigenvalue weighted by Gasteiger charge is -2.16. The fraction of sp³-hybridized carbons (Fsp3) is 0.500. The number of halogens is 1. The fourth-order valence-corrected chi connectivity index (χ4v) is 2.80. The van der Waals surface area contributed by atoms with Gasteiger partial charge in [-0.2, -0.15) is 0 Å². The highest BCUT2D eigenvalue weighted by Crippen LogP contribution is 2.19. The predicted molar refractivity (Wildman–Crippen MR) is 73.4 cm³/mol. The molecule has 1 fully saturated rings. The Morgan fingerprint density at radius 3 is 2.88 bits per heavy atom. The molecule has 0 radical (unpaired) electrons. The van der Waals surface area contributed by atoms with E-state index in [1.54, 1.807) is 0 Å². The molecule has 1 heterocycles. The van der Waals surface area contributed by atoms with Gasteiger partial charge in [-0.15, -0.1) is 0 Å². The van der Waals surface area contributed by atoms with Gasteiger partial charge >= 0.3 is 0 Å². The Kier molecular flexibility index (Phi) is 4.21. The molecule has 0 saturated carbocycles. The van der Waals surface area contributed by atoms with Crippen LogP contribution in [-0.2, 0) is 11.2 Å². The molecule has 2 rings (SSSR count). The third-order valence-corrected chi connectivity index (χ3v) is 4.38. The molecule has 3 heteroatoms. The van der Waals surface area contributed by atoms with E-state index < -0.39 is 0 Å². The lowest BCUT2D eigenvalue weighted by Crippen LogP contribution is -2.30. The summed E-state index contributed by atoms with van der Waals surface area (Å²) in [4.78, 5) is 14.1. The SMILES string of the molecule is Cc1ccccc1CC(=O)N1CCC(CBr)C1. The summed E-state index contributed by atoms with van der Waals surface area (Å²) in [6.07, 6.45) is 1.67. The first-order chi connectivity index (χ1) is 8.20. The van der Waals surface area contributed by atoms with Crippen molar-refractivity contribution in [2.24, 2.45) is 5.92 Å². The minimum Gasteiger partial charge on any atom is -0.342 e. The van der Waals surface area contributed by atoms with Crippen LogP contribution in [-0.4, -0.2) is 29.2 Å². The van der Waals surface area contributed by atoms with E-state index in [0.29, 0.717) is 12.3 Å². The van der Waals surface area contributed by atoms with Crippen LogP contribution in [0.15, 0.2) is 24.3 Å². The Balaban J connectivity index is 1.96. The molecular weight excluding hydrogens is 278 g/mol. The van der Waals surface area contributed by atoms with Crippen molar-refractivity contribution in [2.45, 2.75) is 19.8 Å². The van der Waals surface area contributed by atoms with Crippen LogP contribution < -0.4 is 0 Å². The van der Waals surface area contributed by atoms with Crippen molar-refractivity contribution in [3.05, 3.63) is 35.4 Å². The van der Waals surface area contributed by atoms with Crippen molar-refractivity contribution in [3.8, 4) is 0 Å². The maximum absolute atomic E-state index is 12.1. The number of carbonyl (C=O) groups excluding carboxylic acids is 1. The maximum atomic E-state index is 12.1. The van der Waals surface area contributed by atoms with Gasteiger partial charge in [0.2, 0.25) is 5.91 Å². The molecule has 1 amide bonds. The molecule has 1 aromatic rings. The van der Waals surface area contributed by atoms with Crippen LogP contribution in [0.3, 0.4) is 0 Å². The average molecular weight is 296 g/mol. The molecule has 0 spiro atoms. The minimum absolute atomic E-state index is 0.266. The number of hydrogen-bond donors (Lipinski definition) is 0. The maximum Gasteiger partial charge on any atom is 0.227 e. The molecule has 2 nitrogen and oxygen atoms in total. The normalized spacial score (nSPS) is 19.6. The summed E-state index contributed by atoms with van der Waals surface area (Å²) >= 11 is 3.49. The number of alkyl halides is 1. The Bertz CT molecular complexity index is 405. The largest absolute Gasteiger partial charge is 0.342 e. The fourth-order valence-electron chi connectivity index (χ4n) is 2.27. The van der Waals surface area contributed by atoms with E-state index in [1.165, 1.54) is 5.56 Å². The summed E-state index contributed by atoms with van der Waals surface area (Å²) in [7, 11) is 0. The molecule has 0 bridgehead atoms. The quantitative estimate of drug-likeness (QED) is 0.785. The van der Waals surface area contributed by atoms with E-state index in [1.807, 2.05) is 23.1 Å². The van der Waals surface area contributed by atoms with Gasteiger partial charge in [0.25, 0.3) is 0 Å². The lowest BCUT2D eigenvalue weighted by atomic mass is 10.1. The Labute approximate surface area is 111 Å². The first-order valence-corrected chi connectivity index (χ1v) is 7.21. The summed E-state index contributed by atoms with van der Waals surface area (Å²) in [6.45, 7) is 3.89. The highest BCUT2D eigenvalue weighted by atomic mass is 79.9. The Morgan fingerprint density at radius 1 is 1.47 bits per heavy atom. The van der Waals surface area contributed by atoms with Crippen LogP contribution in [0.4, 0.5) is 0 Å². The second-order valence-electron chi connectivity index (χ2n) is 4.75. The summed E-state index contributed by atoms with van der Waals surface area (Å²) in [5, 5.41) is 1.00. The Hall–Kier alpha value is -0.830. The standard InChI is InChI=1S/C14H18BrNO/c1-11-4-2-3-5-13(11)8-14(17)16-7-6-12(9-15)10-16/h2-5,12H,6-10H2,1H3. The molecule has 1 aromatic carbocycles. The van der Waals surface area contributed by atoms with Crippen molar-refractivity contribution < 1.29 is 4.79 Å². The minimum atomic E-state index is 0.266. The molecule has 0 N–H and O–H groups in total. The van der Waals surface area contributed by atoms with Crippen molar-refractivity contribution in [3.63, 3.8) is 0 Å². The number of carbonyl (C=O) groups is 1. The van der Waals surface area contributed by atoms with Crippen molar-refractivity contribution in [1.82, 2.24) is 4.90 Å². The highest BCUT2D eigenvalue weighted by molar-refractivity contribution is 9.09. The zero-order valence-corrected chi connectivity index (χ0v) is 11.7. The van der Waals surface area contributed by atoms with Gasteiger partial charge in [-0.3, -0.25) is 4.79 Å². The van der Waals surface area contributed by atoms with Gasteiger partial charge in [0, 0.05) is 18.4 Å². The zero-order valence-electron chi connectivity index (χ0n) is 10.2. The summed E-state index contributed by atoms with van der Waals surface area (Å²) in [5.41, 5.74) is 2.36. The number of benzene rings is 1. The van der Waals surface area contributed by atoms with Crippen molar-refractivity contribution in [1.29, 1.82) is 0 Å². The lowest BCUT2D eigenvalue weighted by molar-refractivity contribution is -0.129. The summed E-state index contributed by atoms with van der Waals surface area (Å²) in [6, 6.07) is 8.13. The smallest absolute Gasteiger partial charge is 0.227 e. The number of nitrogens with zero attached hydrogens (tertiary/aromatic N) is 1. The topological polar surface area (TPSA) is 20.3 Å². The van der Waals surface area contributed by atoms with Crippen molar-refractivity contribution >= 4 is 21.8 Å². The van der Waals surface area contributed by atoms with Gasteiger partial charge in [-0.1, -0.05) is 40.2 Å². The number of hydrogen-bond acceptors (Lipinski definition) is 1. The number of rotatable bonds is 3. The summed E-state index contributed by atoms with van der Waals surface area (Å²) in [5.74, 6) is 0.901. The highest BCUT2D eigenvalue weighted by Gasteiger charge is 2.25. The molecule has 0 aromatic heterocycles. The second-order valence-corrected chi connectivity index (χ2v) is 5.40. The molecule has 1 unspecified atom stereocenters.